The molecule has 0 atom stereocenters. The molecule has 0 aliphatic heterocycles. The first kappa shape index (κ1) is 29.2. The van der Waals surface area contributed by atoms with Crippen molar-refractivity contribution in [1.82, 2.24) is 0 Å². The summed E-state index contributed by atoms with van der Waals surface area (Å²) in [6.07, 6.45) is -4.97. The van der Waals surface area contributed by atoms with Crippen molar-refractivity contribution in [3.8, 4) is 17.2 Å². The van der Waals surface area contributed by atoms with Gasteiger partial charge in [-0.2, -0.15) is 0 Å². The van der Waals surface area contributed by atoms with Crippen molar-refractivity contribution in [3.63, 3.8) is 0 Å². The van der Waals surface area contributed by atoms with Gasteiger partial charge in [0.25, 0.3) is 20.0 Å². The Kier molecular flexibility index (Phi) is 8.12. The Bertz CT molecular complexity index is 1760. The van der Waals surface area contributed by atoms with E-state index in [4.69, 9.17) is 4.74 Å². The first-order valence-electron chi connectivity index (χ1n) is 11.3. The molecule has 0 saturated heterocycles. The molecule has 4 rings (SSSR count). The first-order valence-corrected chi connectivity index (χ1v) is 14.3. The summed E-state index contributed by atoms with van der Waals surface area (Å²) in [5, 5.41) is 9.62. The smallest absolute Gasteiger partial charge is 0.478 e. The van der Waals surface area contributed by atoms with Crippen molar-refractivity contribution in [2.45, 2.75) is 16.2 Å². The van der Waals surface area contributed by atoms with Gasteiger partial charge in [0.1, 0.15) is 17.2 Å². The minimum atomic E-state index is -4.97. The van der Waals surface area contributed by atoms with E-state index in [1.807, 2.05) is 10.8 Å². The number of hydrogen-bond acceptors (Lipinski definition) is 7. The zero-order chi connectivity index (χ0) is 29.8. The van der Waals surface area contributed by atoms with E-state index < -0.39 is 54.3 Å². The van der Waals surface area contributed by atoms with Crippen LogP contribution in [0.4, 0.5) is 24.5 Å². The second-order valence-corrected chi connectivity index (χ2v) is 11.5. The van der Waals surface area contributed by atoms with Crippen molar-refractivity contribution in [3.05, 3.63) is 103 Å². The molecule has 4 aromatic carbocycles. The summed E-state index contributed by atoms with van der Waals surface area (Å²) in [5.74, 6) is -1.31. The molecular formula is C26H19F3N2O8S2. The van der Waals surface area contributed by atoms with Crippen molar-refractivity contribution < 1.29 is 49.4 Å². The van der Waals surface area contributed by atoms with Crippen LogP contribution in [-0.2, 0) is 20.0 Å². The van der Waals surface area contributed by atoms with E-state index in [-0.39, 0.29) is 10.6 Å². The maximum atomic E-state index is 12.9. The Morgan fingerprint density at radius 1 is 0.683 bits per heavy atom. The molecule has 0 amide bonds. The number of sulfonamides is 2. The van der Waals surface area contributed by atoms with Crippen LogP contribution in [-0.4, -0.2) is 34.3 Å². The summed E-state index contributed by atoms with van der Waals surface area (Å²) >= 11 is 0. The molecule has 214 valence electrons. The average Bonchev–Trinajstić information content (AvgIpc) is 2.89. The van der Waals surface area contributed by atoms with Gasteiger partial charge in [-0.1, -0.05) is 18.2 Å². The zero-order valence-corrected chi connectivity index (χ0v) is 22.1. The van der Waals surface area contributed by atoms with E-state index in [0.717, 1.165) is 42.5 Å². The number of carboxylic acids is 1. The van der Waals surface area contributed by atoms with E-state index >= 15 is 0 Å². The maximum Gasteiger partial charge on any atom is 0.573 e. The summed E-state index contributed by atoms with van der Waals surface area (Å²) < 4.78 is 102. The molecular weight excluding hydrogens is 589 g/mol. The summed E-state index contributed by atoms with van der Waals surface area (Å²) in [6.45, 7) is 0. The highest BCUT2D eigenvalue weighted by atomic mass is 32.2. The van der Waals surface area contributed by atoms with Gasteiger partial charge in [-0.05, 0) is 78.9 Å². The molecule has 41 heavy (non-hydrogen) atoms. The number of nitrogens with one attached hydrogen (secondary N) is 2. The predicted octanol–water partition coefficient (Wildman–Crippen LogP) is 5.68. The van der Waals surface area contributed by atoms with Gasteiger partial charge in [-0.3, -0.25) is 9.44 Å². The van der Waals surface area contributed by atoms with Crippen LogP contribution < -0.4 is 18.9 Å². The Balaban J connectivity index is 1.51. The lowest BCUT2D eigenvalue weighted by Gasteiger charge is -2.14. The largest absolute Gasteiger partial charge is 0.573 e. The minimum absolute atomic E-state index is 0.155. The Morgan fingerprint density at radius 2 is 1.20 bits per heavy atom. The molecule has 0 spiro atoms. The standard InChI is InChI=1S/C26H19F3N2O8S2/c27-26(28,29)39-20-9-13-22(14-10-20)41(36,37)31-24-15-6-17(16-23(24)25(32)33)30-40(34,35)21-11-7-19(8-12-21)38-18-4-2-1-3-5-18/h1-16,30-31H,(H,32,33). The van der Waals surface area contributed by atoms with Crippen LogP contribution in [0.25, 0.3) is 0 Å². The molecule has 15 heteroatoms. The molecule has 4 aromatic rings. The highest BCUT2D eigenvalue weighted by Gasteiger charge is 2.31. The van der Waals surface area contributed by atoms with Crippen LogP contribution >= 0.6 is 0 Å². The zero-order valence-electron chi connectivity index (χ0n) is 20.5. The van der Waals surface area contributed by atoms with E-state index in [1.165, 1.54) is 24.3 Å². The molecule has 0 saturated carbocycles. The monoisotopic (exact) mass is 608 g/mol. The Hall–Kier alpha value is -4.76. The van der Waals surface area contributed by atoms with Gasteiger partial charge in [0.05, 0.1) is 21.0 Å². The third kappa shape index (κ3) is 7.67. The fourth-order valence-electron chi connectivity index (χ4n) is 3.42. The van der Waals surface area contributed by atoms with Crippen LogP contribution in [0.5, 0.6) is 17.2 Å². The van der Waals surface area contributed by atoms with E-state index in [0.29, 0.717) is 11.5 Å². The van der Waals surface area contributed by atoms with Crippen LogP contribution in [0, 0.1) is 0 Å². The van der Waals surface area contributed by atoms with Crippen LogP contribution in [0.1, 0.15) is 10.4 Å². The Labute approximate surface area is 232 Å². The third-order valence-electron chi connectivity index (χ3n) is 5.23. The van der Waals surface area contributed by atoms with Gasteiger partial charge >= 0.3 is 12.3 Å². The molecule has 0 aromatic heterocycles. The van der Waals surface area contributed by atoms with Gasteiger partial charge in [-0.15, -0.1) is 13.2 Å². The lowest BCUT2D eigenvalue weighted by atomic mass is 10.1. The third-order valence-corrected chi connectivity index (χ3v) is 8.01. The second-order valence-electron chi connectivity index (χ2n) is 8.18. The summed E-state index contributed by atoms with van der Waals surface area (Å²) in [4.78, 5) is 11.2. The second kappa shape index (κ2) is 11.4. The highest BCUT2D eigenvalue weighted by molar-refractivity contribution is 7.93. The van der Waals surface area contributed by atoms with Crippen LogP contribution in [0.15, 0.2) is 107 Å². The molecule has 0 bridgehead atoms. The maximum absolute atomic E-state index is 12.9. The summed E-state index contributed by atoms with van der Waals surface area (Å²) in [6, 6.07) is 20.5. The Morgan fingerprint density at radius 3 is 1.73 bits per heavy atom. The number of halogens is 3. The number of benzene rings is 4. The van der Waals surface area contributed by atoms with E-state index in [1.54, 1.807) is 24.3 Å². The van der Waals surface area contributed by atoms with Gasteiger partial charge in [0.2, 0.25) is 0 Å². The number of alkyl halides is 3. The molecule has 0 radical (unpaired) electrons. The number of aromatic carboxylic acids is 1. The van der Waals surface area contributed by atoms with Crippen molar-refractivity contribution in [2.75, 3.05) is 9.44 Å². The van der Waals surface area contributed by atoms with Gasteiger partial charge in [0, 0.05) is 5.69 Å². The lowest BCUT2D eigenvalue weighted by molar-refractivity contribution is -0.274. The van der Waals surface area contributed by atoms with Crippen molar-refractivity contribution >= 4 is 37.4 Å². The van der Waals surface area contributed by atoms with Crippen LogP contribution in [0.3, 0.4) is 0 Å². The topological polar surface area (TPSA) is 148 Å². The fraction of sp³-hybridized carbons (Fsp3) is 0.0385. The fourth-order valence-corrected chi connectivity index (χ4v) is 5.55. The van der Waals surface area contributed by atoms with Gasteiger partial charge in [-0.25, -0.2) is 21.6 Å². The number of anilines is 2. The molecule has 10 nitrogen and oxygen atoms in total. The molecule has 0 unspecified atom stereocenters. The van der Waals surface area contributed by atoms with Crippen molar-refractivity contribution in [2.24, 2.45) is 0 Å². The van der Waals surface area contributed by atoms with E-state index in [2.05, 4.69) is 9.46 Å². The molecule has 3 N–H and O–H groups in total. The van der Waals surface area contributed by atoms with Crippen LogP contribution in [0.2, 0.25) is 0 Å². The molecule has 0 heterocycles. The summed E-state index contributed by atoms with van der Waals surface area (Å²) in [5.41, 5.74) is -1.19. The summed E-state index contributed by atoms with van der Waals surface area (Å²) in [7, 11) is -8.63. The SMILES string of the molecule is O=C(O)c1cc(NS(=O)(=O)c2ccc(Oc3ccccc3)cc2)ccc1NS(=O)(=O)c1ccc(OC(F)(F)F)cc1. The number of para-hydroxylation sites is 1. The lowest BCUT2D eigenvalue weighted by Crippen LogP contribution is -2.18. The quantitative estimate of drug-likeness (QED) is 0.208. The van der Waals surface area contributed by atoms with E-state index in [9.17, 15) is 39.9 Å². The number of ether oxygens (including phenoxy) is 2. The number of carboxylic acid groups (broad SMARTS) is 1. The highest BCUT2D eigenvalue weighted by Crippen LogP contribution is 2.28. The molecule has 0 aliphatic carbocycles. The average molecular weight is 609 g/mol. The molecule has 0 aliphatic rings. The van der Waals surface area contributed by atoms with Gasteiger partial charge in [0.15, 0.2) is 0 Å². The predicted molar refractivity (Wildman–Crippen MR) is 141 cm³/mol. The van der Waals surface area contributed by atoms with Crippen molar-refractivity contribution in [1.29, 1.82) is 0 Å². The van der Waals surface area contributed by atoms with Gasteiger partial charge < -0.3 is 14.6 Å². The number of hydrogen-bond donors (Lipinski definition) is 3. The minimum Gasteiger partial charge on any atom is -0.478 e. The number of rotatable bonds is 10. The number of carbonyl (C=O) groups is 1. The normalized spacial score (nSPS) is 11.9. The molecule has 0 fully saturated rings. The first-order chi connectivity index (χ1) is 19.2.